The van der Waals surface area contributed by atoms with Crippen molar-refractivity contribution in [1.82, 2.24) is 10.3 Å². The Morgan fingerprint density at radius 3 is 3.00 bits per heavy atom. The molecule has 4 heteroatoms. The Labute approximate surface area is 117 Å². The number of carbonyl (C=O) groups excluding carboxylic acids is 1. The van der Waals surface area contributed by atoms with Crippen molar-refractivity contribution in [1.29, 1.82) is 0 Å². The molecule has 0 aliphatic rings. The lowest BCUT2D eigenvalue weighted by Gasteiger charge is -2.13. The number of aromatic nitrogens is 1. The highest BCUT2D eigenvalue weighted by molar-refractivity contribution is 6.30. The lowest BCUT2D eigenvalue weighted by atomic mass is 10.1. The highest BCUT2D eigenvalue weighted by Crippen LogP contribution is 2.20. The van der Waals surface area contributed by atoms with Gasteiger partial charge in [-0.3, -0.25) is 4.79 Å². The number of rotatable bonds is 4. The summed E-state index contributed by atoms with van der Waals surface area (Å²) in [4.78, 5) is 16.5. The molecular formula is C15H15ClN2O. The summed E-state index contributed by atoms with van der Waals surface area (Å²) in [5, 5.41) is 4.04. The number of nitrogens with one attached hydrogen (secondary N) is 1. The summed E-state index contributed by atoms with van der Waals surface area (Å²) in [6.07, 6.45) is 2.51. The zero-order valence-electron chi connectivity index (χ0n) is 10.7. The molecule has 0 aliphatic heterocycles. The fourth-order valence-electron chi connectivity index (χ4n) is 1.94. The quantitative estimate of drug-likeness (QED) is 0.684. The average Bonchev–Trinajstić information content (AvgIpc) is 2.37. The number of halogens is 1. The minimum atomic E-state index is -0.144. The molecule has 3 nitrogen and oxygen atoms in total. The van der Waals surface area contributed by atoms with Crippen LogP contribution in [0.1, 0.15) is 23.7 Å². The molecule has 0 saturated heterocycles. The van der Waals surface area contributed by atoms with Crippen LogP contribution in [0.4, 0.5) is 0 Å². The molecule has 2 rings (SSSR count). The van der Waals surface area contributed by atoms with Crippen LogP contribution in [-0.4, -0.2) is 16.9 Å². The van der Waals surface area contributed by atoms with Gasteiger partial charge in [-0.15, -0.1) is 6.58 Å². The third kappa shape index (κ3) is 3.12. The van der Waals surface area contributed by atoms with Crippen LogP contribution in [0.3, 0.4) is 0 Å². The number of nitrogens with zero attached hydrogens (tertiary/aromatic N) is 1. The van der Waals surface area contributed by atoms with Crippen molar-refractivity contribution in [3.8, 4) is 0 Å². The summed E-state index contributed by atoms with van der Waals surface area (Å²) in [5.74, 6) is -0.144. The van der Waals surface area contributed by atoms with E-state index in [4.69, 9.17) is 11.6 Å². The second-order valence-corrected chi connectivity index (χ2v) is 4.80. The van der Waals surface area contributed by atoms with Gasteiger partial charge in [-0.05, 0) is 25.5 Å². The lowest BCUT2D eigenvalue weighted by molar-refractivity contribution is 0.0942. The largest absolute Gasteiger partial charge is 0.349 e. The summed E-state index contributed by atoms with van der Waals surface area (Å²) in [7, 11) is 0. The van der Waals surface area contributed by atoms with E-state index in [1.807, 2.05) is 31.2 Å². The Morgan fingerprint density at radius 2 is 2.26 bits per heavy atom. The van der Waals surface area contributed by atoms with Crippen molar-refractivity contribution in [2.24, 2.45) is 0 Å². The maximum atomic E-state index is 12.3. The zero-order valence-corrected chi connectivity index (χ0v) is 11.4. The molecule has 1 atom stereocenters. The average molecular weight is 275 g/mol. The van der Waals surface area contributed by atoms with E-state index in [1.165, 1.54) is 0 Å². The number of para-hydroxylation sites is 1. The molecule has 1 unspecified atom stereocenters. The molecule has 0 spiro atoms. The maximum absolute atomic E-state index is 12.3. The monoisotopic (exact) mass is 274 g/mol. The topological polar surface area (TPSA) is 42.0 Å². The van der Waals surface area contributed by atoms with E-state index < -0.39 is 0 Å². The molecule has 19 heavy (non-hydrogen) atoms. The first-order valence-corrected chi connectivity index (χ1v) is 6.46. The van der Waals surface area contributed by atoms with Gasteiger partial charge in [0.05, 0.1) is 11.1 Å². The van der Waals surface area contributed by atoms with Gasteiger partial charge in [-0.2, -0.15) is 0 Å². The van der Waals surface area contributed by atoms with Gasteiger partial charge in [0.2, 0.25) is 0 Å². The second kappa shape index (κ2) is 5.85. The predicted octanol–water partition coefficient (Wildman–Crippen LogP) is 3.58. The Morgan fingerprint density at radius 1 is 1.53 bits per heavy atom. The van der Waals surface area contributed by atoms with Crippen LogP contribution < -0.4 is 5.32 Å². The number of hydrogen-bond acceptors (Lipinski definition) is 2. The van der Waals surface area contributed by atoms with Crippen LogP contribution >= 0.6 is 11.6 Å². The van der Waals surface area contributed by atoms with Crippen LogP contribution in [-0.2, 0) is 0 Å². The lowest BCUT2D eigenvalue weighted by Crippen LogP contribution is -2.32. The fourth-order valence-corrected chi connectivity index (χ4v) is 2.14. The normalized spacial score (nSPS) is 12.1. The van der Waals surface area contributed by atoms with Gasteiger partial charge in [-0.1, -0.05) is 35.9 Å². The maximum Gasteiger partial charge on any atom is 0.252 e. The molecule has 1 amide bonds. The van der Waals surface area contributed by atoms with Gasteiger partial charge < -0.3 is 5.32 Å². The Balaban J connectivity index is 2.38. The van der Waals surface area contributed by atoms with E-state index in [0.717, 1.165) is 17.3 Å². The Kier molecular flexibility index (Phi) is 4.17. The van der Waals surface area contributed by atoms with Gasteiger partial charge in [0.15, 0.2) is 0 Å². The summed E-state index contributed by atoms with van der Waals surface area (Å²) in [5.41, 5.74) is 1.27. The molecule has 0 bridgehead atoms. The van der Waals surface area contributed by atoms with E-state index in [9.17, 15) is 4.79 Å². The molecule has 2 aromatic rings. The highest BCUT2D eigenvalue weighted by atomic mass is 35.5. The molecule has 1 N–H and O–H groups in total. The molecule has 0 aliphatic carbocycles. The van der Waals surface area contributed by atoms with Crippen molar-refractivity contribution < 1.29 is 4.79 Å². The van der Waals surface area contributed by atoms with Crippen LogP contribution in [0.15, 0.2) is 43.0 Å². The van der Waals surface area contributed by atoms with Gasteiger partial charge in [0.1, 0.15) is 5.15 Å². The number of pyridine rings is 1. The third-order valence-electron chi connectivity index (χ3n) is 2.83. The molecule has 1 heterocycles. The van der Waals surface area contributed by atoms with Crippen LogP contribution in [0.25, 0.3) is 10.9 Å². The van der Waals surface area contributed by atoms with E-state index >= 15 is 0 Å². The Bertz CT molecular complexity index is 625. The number of carbonyl (C=O) groups is 1. The third-order valence-corrected chi connectivity index (χ3v) is 3.02. The van der Waals surface area contributed by atoms with E-state index in [1.54, 1.807) is 12.1 Å². The number of fused-ring (bicyclic) bond motifs is 1. The van der Waals surface area contributed by atoms with Crippen LogP contribution in [0.5, 0.6) is 0 Å². The van der Waals surface area contributed by atoms with Crippen LogP contribution in [0.2, 0.25) is 5.15 Å². The smallest absolute Gasteiger partial charge is 0.252 e. The number of amides is 1. The molecule has 0 fully saturated rings. The first kappa shape index (κ1) is 13.6. The summed E-state index contributed by atoms with van der Waals surface area (Å²) in [6, 6.07) is 9.09. The SMILES string of the molecule is C=CCC(C)NC(=O)c1cc(Cl)nc2ccccc12. The fraction of sp³-hybridized carbons (Fsp3) is 0.200. The van der Waals surface area contributed by atoms with Gasteiger partial charge in [-0.25, -0.2) is 4.98 Å². The minimum absolute atomic E-state index is 0.0377. The predicted molar refractivity (Wildman–Crippen MR) is 78.5 cm³/mol. The van der Waals surface area contributed by atoms with E-state index in [2.05, 4.69) is 16.9 Å². The van der Waals surface area contributed by atoms with Crippen LogP contribution in [0, 0.1) is 0 Å². The summed E-state index contributed by atoms with van der Waals surface area (Å²) in [6.45, 7) is 5.60. The molecule has 1 aromatic heterocycles. The first-order chi connectivity index (χ1) is 9.11. The van der Waals surface area contributed by atoms with E-state index in [-0.39, 0.29) is 11.9 Å². The molecule has 1 aromatic carbocycles. The molecular weight excluding hydrogens is 260 g/mol. The standard InChI is InChI=1S/C15H15ClN2O/c1-3-6-10(2)17-15(19)12-9-14(16)18-13-8-5-4-7-11(12)13/h3-5,7-10H,1,6H2,2H3,(H,17,19). The van der Waals surface area contributed by atoms with Crippen molar-refractivity contribution in [3.63, 3.8) is 0 Å². The molecule has 98 valence electrons. The Hall–Kier alpha value is -1.87. The van der Waals surface area contributed by atoms with Gasteiger partial charge in [0.25, 0.3) is 5.91 Å². The summed E-state index contributed by atoms with van der Waals surface area (Å²) >= 11 is 5.96. The highest BCUT2D eigenvalue weighted by Gasteiger charge is 2.13. The van der Waals surface area contributed by atoms with Gasteiger partial charge in [0, 0.05) is 11.4 Å². The van der Waals surface area contributed by atoms with Gasteiger partial charge >= 0.3 is 0 Å². The van der Waals surface area contributed by atoms with E-state index in [0.29, 0.717) is 10.7 Å². The summed E-state index contributed by atoms with van der Waals surface area (Å²) < 4.78 is 0. The van der Waals surface area contributed by atoms with Crippen molar-refractivity contribution in [2.45, 2.75) is 19.4 Å². The first-order valence-electron chi connectivity index (χ1n) is 6.09. The van der Waals surface area contributed by atoms with Crippen molar-refractivity contribution in [3.05, 3.63) is 53.7 Å². The minimum Gasteiger partial charge on any atom is -0.349 e. The van der Waals surface area contributed by atoms with Crippen molar-refractivity contribution >= 4 is 28.4 Å². The molecule has 0 radical (unpaired) electrons. The van der Waals surface area contributed by atoms with Crippen molar-refractivity contribution in [2.75, 3.05) is 0 Å². The number of hydrogen-bond donors (Lipinski definition) is 1. The second-order valence-electron chi connectivity index (χ2n) is 4.41. The molecule has 0 saturated carbocycles. The number of benzene rings is 1. The zero-order chi connectivity index (χ0) is 13.8.